The Morgan fingerprint density at radius 3 is 2.88 bits per heavy atom. The van der Waals surface area contributed by atoms with Gasteiger partial charge in [-0.1, -0.05) is 6.42 Å². The molecule has 1 aliphatic carbocycles. The Bertz CT molecular complexity index is 435. The fourth-order valence-electron chi connectivity index (χ4n) is 1.94. The van der Waals surface area contributed by atoms with E-state index in [0.29, 0.717) is 5.92 Å². The maximum Gasteiger partial charge on any atom is 0.256 e. The maximum atomic E-state index is 11.8. The molecule has 0 bridgehead atoms. The summed E-state index contributed by atoms with van der Waals surface area (Å²) in [5.41, 5.74) is -0.0502. The van der Waals surface area contributed by atoms with Gasteiger partial charge >= 0.3 is 0 Å². The Morgan fingerprint density at radius 1 is 1.56 bits per heavy atom. The lowest BCUT2D eigenvalue weighted by Gasteiger charge is -2.31. The summed E-state index contributed by atoms with van der Waals surface area (Å²) in [5.74, 6) is 0.299. The molecule has 86 valence electrons. The SMILES string of the molecule is CC(NC(=O)c1c[nH]ccc1=O)C1CCC1. The second-order valence-corrected chi connectivity index (χ2v) is 4.38. The lowest BCUT2D eigenvalue weighted by atomic mass is 9.80. The van der Waals surface area contributed by atoms with Crippen LogP contribution >= 0.6 is 0 Å². The largest absolute Gasteiger partial charge is 0.367 e. The van der Waals surface area contributed by atoms with Gasteiger partial charge in [0.1, 0.15) is 5.56 Å². The third-order valence-corrected chi connectivity index (χ3v) is 3.28. The number of nitrogens with one attached hydrogen (secondary N) is 2. The quantitative estimate of drug-likeness (QED) is 0.806. The minimum absolute atomic E-state index is 0.154. The number of aromatic nitrogens is 1. The van der Waals surface area contributed by atoms with Crippen LogP contribution in [0.15, 0.2) is 23.3 Å². The van der Waals surface area contributed by atoms with E-state index >= 15 is 0 Å². The Kier molecular flexibility index (Phi) is 3.08. The van der Waals surface area contributed by atoms with Crippen molar-refractivity contribution < 1.29 is 4.79 Å². The molecular formula is C12H16N2O2. The van der Waals surface area contributed by atoms with Crippen molar-refractivity contribution in [2.45, 2.75) is 32.2 Å². The number of amides is 1. The lowest BCUT2D eigenvalue weighted by molar-refractivity contribution is 0.0908. The molecule has 1 heterocycles. The van der Waals surface area contributed by atoms with Gasteiger partial charge < -0.3 is 10.3 Å². The molecule has 0 radical (unpaired) electrons. The van der Waals surface area contributed by atoms with E-state index in [-0.39, 0.29) is 22.9 Å². The van der Waals surface area contributed by atoms with E-state index in [1.54, 1.807) is 0 Å². The zero-order valence-electron chi connectivity index (χ0n) is 9.32. The Labute approximate surface area is 94.1 Å². The molecule has 1 aliphatic rings. The molecule has 1 aromatic heterocycles. The molecule has 1 fully saturated rings. The van der Waals surface area contributed by atoms with Gasteiger partial charge in [-0.25, -0.2) is 0 Å². The standard InChI is InChI=1S/C12H16N2O2/c1-8(9-3-2-4-9)14-12(16)10-7-13-6-5-11(10)15/h5-9H,2-4H2,1H3,(H,13,15)(H,14,16). The molecule has 0 aliphatic heterocycles. The molecule has 1 amide bonds. The first-order valence-electron chi connectivity index (χ1n) is 5.66. The first kappa shape index (κ1) is 10.9. The van der Waals surface area contributed by atoms with Crippen molar-refractivity contribution in [2.24, 2.45) is 5.92 Å². The number of hydrogen-bond donors (Lipinski definition) is 2. The molecule has 2 N–H and O–H groups in total. The number of pyridine rings is 1. The number of rotatable bonds is 3. The molecule has 1 unspecified atom stereocenters. The number of H-pyrrole nitrogens is 1. The molecule has 1 atom stereocenters. The zero-order chi connectivity index (χ0) is 11.5. The summed E-state index contributed by atoms with van der Waals surface area (Å²) in [6, 6.07) is 1.52. The first-order chi connectivity index (χ1) is 7.68. The first-order valence-corrected chi connectivity index (χ1v) is 5.66. The highest BCUT2D eigenvalue weighted by molar-refractivity contribution is 5.93. The van der Waals surface area contributed by atoms with E-state index in [1.807, 2.05) is 6.92 Å². The van der Waals surface area contributed by atoms with Crippen molar-refractivity contribution in [1.82, 2.24) is 10.3 Å². The van der Waals surface area contributed by atoms with E-state index in [0.717, 1.165) is 0 Å². The molecule has 1 saturated carbocycles. The van der Waals surface area contributed by atoms with Crippen molar-refractivity contribution >= 4 is 5.91 Å². The highest BCUT2D eigenvalue weighted by atomic mass is 16.2. The van der Waals surface area contributed by atoms with Gasteiger partial charge in [0.2, 0.25) is 0 Å². The van der Waals surface area contributed by atoms with Crippen molar-refractivity contribution in [1.29, 1.82) is 0 Å². The van der Waals surface area contributed by atoms with Crippen molar-refractivity contribution in [3.8, 4) is 0 Å². The van der Waals surface area contributed by atoms with Gasteiger partial charge in [0.05, 0.1) is 0 Å². The topological polar surface area (TPSA) is 62.0 Å². The van der Waals surface area contributed by atoms with Crippen LogP contribution in [-0.4, -0.2) is 16.9 Å². The number of carbonyl (C=O) groups is 1. The average Bonchev–Trinajstić information content (AvgIpc) is 2.15. The van der Waals surface area contributed by atoms with Crippen LogP contribution in [-0.2, 0) is 0 Å². The molecule has 4 nitrogen and oxygen atoms in total. The predicted molar refractivity (Wildman–Crippen MR) is 61.3 cm³/mol. The smallest absolute Gasteiger partial charge is 0.256 e. The molecule has 4 heteroatoms. The van der Waals surface area contributed by atoms with Gasteiger partial charge in [0.15, 0.2) is 5.43 Å². The molecule has 1 aromatic rings. The van der Waals surface area contributed by atoms with Crippen molar-refractivity contribution in [3.63, 3.8) is 0 Å². The van der Waals surface area contributed by atoms with Gasteiger partial charge in [-0.3, -0.25) is 9.59 Å². The predicted octanol–water partition coefficient (Wildman–Crippen LogP) is 1.29. The van der Waals surface area contributed by atoms with Gasteiger partial charge in [-0.05, 0) is 25.7 Å². The fourth-order valence-corrected chi connectivity index (χ4v) is 1.94. The molecule has 0 spiro atoms. The number of hydrogen-bond acceptors (Lipinski definition) is 2. The summed E-state index contributed by atoms with van der Waals surface area (Å²) in [6.45, 7) is 2.00. The second kappa shape index (κ2) is 4.51. The van der Waals surface area contributed by atoms with Crippen LogP contribution in [0.1, 0.15) is 36.5 Å². The van der Waals surface area contributed by atoms with Gasteiger partial charge in [0, 0.05) is 24.5 Å². The van der Waals surface area contributed by atoms with E-state index < -0.39 is 0 Å². The highest BCUT2D eigenvalue weighted by Gasteiger charge is 2.25. The van der Waals surface area contributed by atoms with Crippen LogP contribution in [0.3, 0.4) is 0 Å². The molecular weight excluding hydrogens is 204 g/mol. The van der Waals surface area contributed by atoms with Gasteiger partial charge in [-0.2, -0.15) is 0 Å². The summed E-state index contributed by atoms with van der Waals surface area (Å²) in [5, 5.41) is 2.88. The van der Waals surface area contributed by atoms with Crippen LogP contribution in [0.25, 0.3) is 0 Å². The fraction of sp³-hybridized carbons (Fsp3) is 0.500. The minimum atomic E-state index is -0.277. The molecule has 0 aromatic carbocycles. The number of aromatic amines is 1. The minimum Gasteiger partial charge on any atom is -0.367 e. The molecule has 2 rings (SSSR count). The second-order valence-electron chi connectivity index (χ2n) is 4.38. The molecule has 0 saturated heterocycles. The Balaban J connectivity index is 2.02. The normalized spacial score (nSPS) is 17.6. The highest BCUT2D eigenvalue weighted by Crippen LogP contribution is 2.29. The van der Waals surface area contributed by atoms with E-state index in [2.05, 4.69) is 10.3 Å². The van der Waals surface area contributed by atoms with Crippen molar-refractivity contribution in [2.75, 3.05) is 0 Å². The summed E-state index contributed by atoms with van der Waals surface area (Å²) in [7, 11) is 0. The third-order valence-electron chi connectivity index (χ3n) is 3.28. The van der Waals surface area contributed by atoms with Gasteiger partial charge in [0.25, 0.3) is 5.91 Å². The van der Waals surface area contributed by atoms with E-state index in [4.69, 9.17) is 0 Å². The van der Waals surface area contributed by atoms with Crippen LogP contribution in [0.4, 0.5) is 0 Å². The van der Waals surface area contributed by atoms with E-state index in [9.17, 15) is 9.59 Å². The van der Waals surface area contributed by atoms with Crippen LogP contribution in [0, 0.1) is 5.92 Å². The Morgan fingerprint density at radius 2 is 2.31 bits per heavy atom. The van der Waals surface area contributed by atoms with Gasteiger partial charge in [-0.15, -0.1) is 0 Å². The van der Waals surface area contributed by atoms with Crippen LogP contribution in [0.2, 0.25) is 0 Å². The molecule has 16 heavy (non-hydrogen) atoms. The summed E-state index contributed by atoms with van der Waals surface area (Å²) < 4.78 is 0. The monoisotopic (exact) mass is 220 g/mol. The lowest BCUT2D eigenvalue weighted by Crippen LogP contribution is -2.42. The third kappa shape index (κ3) is 2.15. The summed E-state index contributed by atoms with van der Waals surface area (Å²) >= 11 is 0. The van der Waals surface area contributed by atoms with Crippen LogP contribution < -0.4 is 10.7 Å². The van der Waals surface area contributed by atoms with Crippen molar-refractivity contribution in [3.05, 3.63) is 34.2 Å². The average molecular weight is 220 g/mol. The van der Waals surface area contributed by atoms with Crippen LogP contribution in [0.5, 0.6) is 0 Å². The van der Waals surface area contributed by atoms with E-state index in [1.165, 1.54) is 37.7 Å². The summed E-state index contributed by atoms with van der Waals surface area (Å²) in [6.07, 6.45) is 6.57. The Hall–Kier alpha value is -1.58. The number of carbonyl (C=O) groups excluding carboxylic acids is 1. The summed E-state index contributed by atoms with van der Waals surface area (Å²) in [4.78, 5) is 26.0. The zero-order valence-corrected chi connectivity index (χ0v) is 9.32. The maximum absolute atomic E-state index is 11.8.